The first-order chi connectivity index (χ1) is 14.6. The highest BCUT2D eigenvalue weighted by Gasteiger charge is 2.25. The van der Waals surface area contributed by atoms with E-state index in [1.165, 1.54) is 5.56 Å². The van der Waals surface area contributed by atoms with Crippen LogP contribution >= 0.6 is 0 Å². The smallest absolute Gasteiger partial charge is 0.227 e. The number of aromatic nitrogens is 2. The second-order valence-electron chi connectivity index (χ2n) is 7.37. The molecule has 2 N–H and O–H groups in total. The first-order valence-electron chi connectivity index (χ1n) is 10.3. The van der Waals surface area contributed by atoms with E-state index >= 15 is 0 Å². The maximum atomic E-state index is 6.26. The van der Waals surface area contributed by atoms with Crippen molar-refractivity contribution in [2.45, 2.75) is 25.7 Å². The zero-order valence-corrected chi connectivity index (χ0v) is 17.7. The molecule has 2 aromatic carbocycles. The molecule has 3 aromatic rings. The fourth-order valence-electron chi connectivity index (χ4n) is 4.10. The van der Waals surface area contributed by atoms with Gasteiger partial charge in [-0.2, -0.15) is 4.98 Å². The van der Waals surface area contributed by atoms with Crippen molar-refractivity contribution in [3.63, 3.8) is 0 Å². The Morgan fingerprint density at radius 2 is 1.70 bits per heavy atom. The van der Waals surface area contributed by atoms with E-state index in [9.17, 15) is 0 Å². The van der Waals surface area contributed by atoms with Gasteiger partial charge in [0.2, 0.25) is 5.95 Å². The summed E-state index contributed by atoms with van der Waals surface area (Å²) in [5.74, 6) is 3.79. The number of benzene rings is 2. The molecule has 1 saturated heterocycles. The van der Waals surface area contributed by atoms with E-state index in [2.05, 4.69) is 28.1 Å². The number of methoxy groups -OCH3 is 2. The van der Waals surface area contributed by atoms with E-state index < -0.39 is 0 Å². The number of piperidine rings is 1. The van der Waals surface area contributed by atoms with E-state index in [4.69, 9.17) is 24.9 Å². The molecule has 7 nitrogen and oxygen atoms in total. The van der Waals surface area contributed by atoms with Gasteiger partial charge in [-0.3, -0.25) is 0 Å². The molecule has 0 atom stereocenters. The average molecular weight is 409 g/mol. The third kappa shape index (κ3) is 3.79. The quantitative estimate of drug-likeness (QED) is 0.660. The van der Waals surface area contributed by atoms with Gasteiger partial charge in [-0.15, -0.1) is 0 Å². The molecule has 30 heavy (non-hydrogen) atoms. The molecule has 1 aliphatic rings. The molecular formula is C23H28N4O3. The van der Waals surface area contributed by atoms with Crippen molar-refractivity contribution < 1.29 is 14.2 Å². The largest absolute Gasteiger partial charge is 0.494 e. The zero-order chi connectivity index (χ0) is 21.1. The number of nitrogens with zero attached hydrogens (tertiary/aromatic N) is 3. The minimum Gasteiger partial charge on any atom is -0.494 e. The molecule has 7 heteroatoms. The predicted molar refractivity (Wildman–Crippen MR) is 119 cm³/mol. The number of fused-ring (bicyclic) bond motifs is 1. The van der Waals surface area contributed by atoms with Crippen LogP contribution in [0.25, 0.3) is 10.9 Å². The third-order valence-electron chi connectivity index (χ3n) is 5.66. The molecule has 4 rings (SSSR count). The lowest BCUT2D eigenvalue weighted by Crippen LogP contribution is -2.34. The molecule has 1 aliphatic heterocycles. The summed E-state index contributed by atoms with van der Waals surface area (Å²) in [6, 6.07) is 12.0. The Bertz CT molecular complexity index is 1030. The Hall–Kier alpha value is -3.22. The lowest BCUT2D eigenvalue weighted by atomic mass is 9.89. The van der Waals surface area contributed by atoms with Crippen molar-refractivity contribution in [1.29, 1.82) is 0 Å². The number of hydrogen-bond donors (Lipinski definition) is 1. The molecule has 0 amide bonds. The summed E-state index contributed by atoms with van der Waals surface area (Å²) in [5, 5.41) is 0.761. The van der Waals surface area contributed by atoms with E-state index in [0.29, 0.717) is 35.8 Å². The number of para-hydroxylation sites is 1. The zero-order valence-electron chi connectivity index (χ0n) is 17.7. The van der Waals surface area contributed by atoms with Crippen LogP contribution in [0.5, 0.6) is 17.2 Å². The fraction of sp³-hybridized carbons (Fsp3) is 0.391. The topological polar surface area (TPSA) is 82.7 Å². The summed E-state index contributed by atoms with van der Waals surface area (Å²) in [7, 11) is 3.21. The van der Waals surface area contributed by atoms with Crippen LogP contribution in [0, 0.1) is 0 Å². The second kappa shape index (κ2) is 8.65. The van der Waals surface area contributed by atoms with Crippen LogP contribution in [0.3, 0.4) is 0 Å². The van der Waals surface area contributed by atoms with Gasteiger partial charge < -0.3 is 24.8 Å². The summed E-state index contributed by atoms with van der Waals surface area (Å²) >= 11 is 0. The molecule has 2 heterocycles. The number of hydrogen-bond acceptors (Lipinski definition) is 7. The van der Waals surface area contributed by atoms with Gasteiger partial charge in [-0.05, 0) is 43.4 Å². The normalized spacial score (nSPS) is 14.7. The first-order valence-corrected chi connectivity index (χ1v) is 10.3. The van der Waals surface area contributed by atoms with E-state index in [1.54, 1.807) is 14.2 Å². The highest BCUT2D eigenvalue weighted by atomic mass is 16.5. The molecule has 0 radical (unpaired) electrons. The Labute approximate surface area is 176 Å². The van der Waals surface area contributed by atoms with E-state index in [-0.39, 0.29) is 0 Å². The van der Waals surface area contributed by atoms with Gasteiger partial charge in [0.15, 0.2) is 11.5 Å². The summed E-state index contributed by atoms with van der Waals surface area (Å²) in [5.41, 5.74) is 8.30. The summed E-state index contributed by atoms with van der Waals surface area (Å²) in [6.45, 7) is 4.42. The standard InChI is InChI=1S/C23H28N4O3/c1-4-30-19-8-6-5-7-16(19)15-9-11-27(12-10-15)23-25-18-14-21(29-3)20(28-2)13-17(18)22(24)26-23/h5-8,13-15H,4,9-12H2,1-3H3,(H2,24,25,26). The highest BCUT2D eigenvalue weighted by molar-refractivity contribution is 5.91. The maximum absolute atomic E-state index is 6.26. The van der Waals surface area contributed by atoms with Crippen molar-refractivity contribution in [3.05, 3.63) is 42.0 Å². The number of rotatable bonds is 6. The summed E-state index contributed by atoms with van der Waals surface area (Å²) in [4.78, 5) is 11.5. The van der Waals surface area contributed by atoms with Crippen molar-refractivity contribution in [1.82, 2.24) is 9.97 Å². The molecule has 1 aromatic heterocycles. The monoisotopic (exact) mass is 408 g/mol. The first kappa shape index (κ1) is 20.1. The van der Waals surface area contributed by atoms with Crippen molar-refractivity contribution in [3.8, 4) is 17.2 Å². The Morgan fingerprint density at radius 3 is 2.40 bits per heavy atom. The lowest BCUT2D eigenvalue weighted by Gasteiger charge is -2.33. The molecule has 1 fully saturated rings. The fourth-order valence-corrected chi connectivity index (χ4v) is 4.10. The minimum absolute atomic E-state index is 0.444. The maximum Gasteiger partial charge on any atom is 0.227 e. The predicted octanol–water partition coefficient (Wildman–Crippen LogP) is 4.01. The van der Waals surface area contributed by atoms with Crippen LogP contribution in [-0.2, 0) is 0 Å². The van der Waals surface area contributed by atoms with E-state index in [0.717, 1.165) is 42.6 Å². The van der Waals surface area contributed by atoms with Gasteiger partial charge in [-0.1, -0.05) is 18.2 Å². The van der Waals surface area contributed by atoms with Gasteiger partial charge in [0.1, 0.15) is 11.6 Å². The highest BCUT2D eigenvalue weighted by Crippen LogP contribution is 2.37. The molecule has 0 bridgehead atoms. The van der Waals surface area contributed by atoms with Crippen molar-refractivity contribution in [2.75, 3.05) is 44.5 Å². The SMILES string of the molecule is CCOc1ccccc1C1CCN(c2nc(N)c3cc(OC)c(OC)cc3n2)CC1. The van der Waals surface area contributed by atoms with Crippen LogP contribution in [0.15, 0.2) is 36.4 Å². The molecular weight excluding hydrogens is 380 g/mol. The van der Waals surface area contributed by atoms with Gasteiger partial charge in [0.25, 0.3) is 0 Å². The van der Waals surface area contributed by atoms with Gasteiger partial charge in [0, 0.05) is 24.5 Å². The second-order valence-corrected chi connectivity index (χ2v) is 7.37. The lowest BCUT2D eigenvalue weighted by molar-refractivity contribution is 0.331. The van der Waals surface area contributed by atoms with Crippen LogP contribution in [-0.4, -0.2) is 43.9 Å². The van der Waals surface area contributed by atoms with Crippen LogP contribution in [0.1, 0.15) is 31.2 Å². The van der Waals surface area contributed by atoms with Gasteiger partial charge >= 0.3 is 0 Å². The molecule has 0 aliphatic carbocycles. The molecule has 0 spiro atoms. The van der Waals surface area contributed by atoms with Crippen LogP contribution in [0.4, 0.5) is 11.8 Å². The number of nitrogen functional groups attached to an aromatic ring is 1. The molecule has 0 unspecified atom stereocenters. The van der Waals surface area contributed by atoms with Crippen molar-refractivity contribution in [2.24, 2.45) is 0 Å². The third-order valence-corrected chi connectivity index (χ3v) is 5.66. The number of ether oxygens (including phenoxy) is 3. The summed E-state index contributed by atoms with van der Waals surface area (Å²) in [6.07, 6.45) is 2.02. The number of nitrogens with two attached hydrogens (primary N) is 1. The average Bonchev–Trinajstić information content (AvgIpc) is 2.79. The van der Waals surface area contributed by atoms with Crippen molar-refractivity contribution >= 4 is 22.7 Å². The Kier molecular flexibility index (Phi) is 5.79. The van der Waals surface area contributed by atoms with Gasteiger partial charge in [0.05, 0.1) is 26.3 Å². The molecule has 0 saturated carbocycles. The Balaban J connectivity index is 1.56. The van der Waals surface area contributed by atoms with E-state index in [1.807, 2.05) is 25.1 Å². The number of anilines is 2. The van der Waals surface area contributed by atoms with Crippen LogP contribution in [0.2, 0.25) is 0 Å². The minimum atomic E-state index is 0.444. The molecule has 158 valence electrons. The summed E-state index contributed by atoms with van der Waals surface area (Å²) < 4.78 is 16.6. The van der Waals surface area contributed by atoms with Crippen LogP contribution < -0.4 is 24.8 Å². The van der Waals surface area contributed by atoms with Gasteiger partial charge in [-0.25, -0.2) is 4.98 Å². The Morgan fingerprint density at radius 1 is 1.00 bits per heavy atom.